The molecule has 1 aromatic rings. The minimum atomic E-state index is -0.379. The average molecular weight is 330 g/mol. The van der Waals surface area contributed by atoms with Crippen molar-refractivity contribution in [1.29, 1.82) is 0 Å². The van der Waals surface area contributed by atoms with Crippen molar-refractivity contribution in [2.45, 2.75) is 83.5 Å². The molecule has 0 bridgehead atoms. The largest absolute Gasteiger partial charge is 0.366 e. The van der Waals surface area contributed by atoms with E-state index < -0.39 is 0 Å². The second-order valence-electron chi connectivity index (χ2n) is 6.82. The third kappa shape index (κ3) is 8.33. The number of benzene rings is 1. The maximum atomic E-state index is 11.5. The van der Waals surface area contributed by atoms with Crippen molar-refractivity contribution in [3.05, 3.63) is 48.0 Å². The molecule has 0 heterocycles. The maximum absolute atomic E-state index is 11.5. The number of nitrogens with two attached hydrogens (primary N) is 1. The summed E-state index contributed by atoms with van der Waals surface area (Å²) in [7, 11) is 0. The second-order valence-corrected chi connectivity index (χ2v) is 6.82. The summed E-state index contributed by atoms with van der Waals surface area (Å²) in [4.78, 5) is 11.5. The predicted octanol–water partition coefficient (Wildman–Crippen LogP) is 6.12. The van der Waals surface area contributed by atoms with E-state index in [1.807, 2.05) is 18.2 Å². The Morgan fingerprint density at radius 2 is 1.42 bits per heavy atom. The zero-order valence-corrected chi connectivity index (χ0v) is 15.4. The Morgan fingerprint density at radius 1 is 0.917 bits per heavy atom. The molecule has 0 aliphatic rings. The van der Waals surface area contributed by atoms with E-state index in [1.54, 1.807) is 0 Å². The van der Waals surface area contributed by atoms with E-state index >= 15 is 0 Å². The van der Waals surface area contributed by atoms with Crippen LogP contribution in [0.3, 0.4) is 0 Å². The van der Waals surface area contributed by atoms with Crippen LogP contribution in [0, 0.1) is 0 Å². The molecule has 0 saturated carbocycles. The molecule has 0 fully saturated rings. The molecule has 0 saturated heterocycles. The lowest BCUT2D eigenvalue weighted by molar-refractivity contribution is -0.114. The van der Waals surface area contributed by atoms with Crippen molar-refractivity contribution < 1.29 is 4.79 Å². The van der Waals surface area contributed by atoms with Crippen LogP contribution in [0.4, 0.5) is 0 Å². The van der Waals surface area contributed by atoms with Gasteiger partial charge in [-0.25, -0.2) is 0 Å². The molecule has 134 valence electrons. The Bertz CT molecular complexity index is 466. The number of rotatable bonds is 14. The van der Waals surface area contributed by atoms with Crippen molar-refractivity contribution >= 4 is 5.91 Å². The quantitative estimate of drug-likeness (QED) is 0.324. The SMILES string of the molecule is C=C(C(N)=O)C(CCCCCCCCCCCC)c1ccccc1. The number of carbonyl (C=O) groups excluding carboxylic acids is 1. The van der Waals surface area contributed by atoms with Gasteiger partial charge in [0, 0.05) is 11.5 Å². The van der Waals surface area contributed by atoms with E-state index in [-0.39, 0.29) is 11.8 Å². The molecule has 24 heavy (non-hydrogen) atoms. The van der Waals surface area contributed by atoms with Gasteiger partial charge < -0.3 is 5.73 Å². The smallest absolute Gasteiger partial charge is 0.244 e. The first kappa shape index (κ1) is 20.5. The number of amides is 1. The highest BCUT2D eigenvalue weighted by Crippen LogP contribution is 2.29. The van der Waals surface area contributed by atoms with Gasteiger partial charge >= 0.3 is 0 Å². The highest BCUT2D eigenvalue weighted by Gasteiger charge is 2.18. The molecule has 0 aromatic heterocycles. The Balaban J connectivity index is 2.24. The van der Waals surface area contributed by atoms with Gasteiger partial charge in [-0.3, -0.25) is 4.79 Å². The molecule has 0 radical (unpaired) electrons. The highest BCUT2D eigenvalue weighted by molar-refractivity contribution is 5.92. The summed E-state index contributed by atoms with van der Waals surface area (Å²) < 4.78 is 0. The number of carbonyl (C=O) groups is 1. The fraction of sp³-hybridized carbons (Fsp3) is 0.591. The normalized spacial score (nSPS) is 12.0. The molecule has 1 aromatic carbocycles. The van der Waals surface area contributed by atoms with Gasteiger partial charge in [-0.2, -0.15) is 0 Å². The van der Waals surface area contributed by atoms with Crippen LogP contribution in [0.1, 0.15) is 89.0 Å². The Kier molecular flexibility index (Phi) is 10.9. The van der Waals surface area contributed by atoms with Gasteiger partial charge in [-0.1, -0.05) is 108 Å². The van der Waals surface area contributed by atoms with Crippen molar-refractivity contribution in [2.24, 2.45) is 5.73 Å². The summed E-state index contributed by atoms with van der Waals surface area (Å²) in [6, 6.07) is 10.1. The molecule has 1 rings (SSSR count). The average Bonchev–Trinajstić information content (AvgIpc) is 2.60. The fourth-order valence-corrected chi connectivity index (χ4v) is 3.24. The summed E-state index contributed by atoms with van der Waals surface area (Å²) in [5, 5.41) is 0. The van der Waals surface area contributed by atoms with Crippen molar-refractivity contribution in [1.82, 2.24) is 0 Å². The van der Waals surface area contributed by atoms with Crippen LogP contribution in [0.25, 0.3) is 0 Å². The molecular weight excluding hydrogens is 294 g/mol. The third-order valence-electron chi connectivity index (χ3n) is 4.79. The van der Waals surface area contributed by atoms with Gasteiger partial charge in [0.1, 0.15) is 0 Å². The van der Waals surface area contributed by atoms with E-state index in [0.29, 0.717) is 5.57 Å². The molecular formula is C22H35NO. The summed E-state index contributed by atoms with van der Waals surface area (Å²) in [6.45, 7) is 6.18. The van der Waals surface area contributed by atoms with Crippen LogP contribution in [0.15, 0.2) is 42.5 Å². The van der Waals surface area contributed by atoms with Crippen LogP contribution in [0.2, 0.25) is 0 Å². The van der Waals surface area contributed by atoms with E-state index in [9.17, 15) is 4.79 Å². The van der Waals surface area contributed by atoms with Crippen LogP contribution < -0.4 is 5.73 Å². The topological polar surface area (TPSA) is 43.1 Å². The third-order valence-corrected chi connectivity index (χ3v) is 4.79. The monoisotopic (exact) mass is 329 g/mol. The minimum absolute atomic E-state index is 0.0674. The van der Waals surface area contributed by atoms with Gasteiger partial charge in [-0.05, 0) is 12.0 Å². The zero-order valence-electron chi connectivity index (χ0n) is 15.4. The Morgan fingerprint density at radius 3 is 1.92 bits per heavy atom. The van der Waals surface area contributed by atoms with E-state index in [0.717, 1.165) is 18.4 Å². The van der Waals surface area contributed by atoms with Gasteiger partial charge in [0.25, 0.3) is 0 Å². The first-order chi connectivity index (χ1) is 11.7. The number of hydrogen-bond acceptors (Lipinski definition) is 1. The van der Waals surface area contributed by atoms with E-state index in [4.69, 9.17) is 5.73 Å². The molecule has 0 aliphatic heterocycles. The zero-order chi connectivity index (χ0) is 17.6. The van der Waals surface area contributed by atoms with Gasteiger partial charge in [0.05, 0.1) is 0 Å². The molecule has 0 spiro atoms. The second kappa shape index (κ2) is 12.8. The molecule has 1 amide bonds. The molecule has 1 unspecified atom stereocenters. The minimum Gasteiger partial charge on any atom is -0.366 e. The lowest BCUT2D eigenvalue weighted by Gasteiger charge is -2.18. The van der Waals surface area contributed by atoms with Crippen LogP contribution in [0.5, 0.6) is 0 Å². The molecule has 2 heteroatoms. The lowest BCUT2D eigenvalue weighted by atomic mass is 9.87. The number of unbranched alkanes of at least 4 members (excludes halogenated alkanes) is 9. The summed E-state index contributed by atoms with van der Waals surface area (Å²) in [5.41, 5.74) is 7.14. The predicted molar refractivity (Wildman–Crippen MR) is 104 cm³/mol. The summed E-state index contributed by atoms with van der Waals surface area (Å²) >= 11 is 0. The molecule has 1 atom stereocenters. The summed E-state index contributed by atoms with van der Waals surface area (Å²) in [6.07, 6.45) is 14.2. The fourth-order valence-electron chi connectivity index (χ4n) is 3.24. The standard InChI is InChI=1S/C22H35NO/c1-3-4-5-6-7-8-9-10-11-15-18-21(19(2)22(23)24)20-16-13-12-14-17-20/h12-14,16-17,21H,2-11,15,18H2,1H3,(H2,23,24). The molecule has 2 N–H and O–H groups in total. The van der Waals surface area contributed by atoms with Crippen LogP contribution in [-0.2, 0) is 4.79 Å². The molecule has 0 aliphatic carbocycles. The van der Waals surface area contributed by atoms with Crippen LogP contribution >= 0.6 is 0 Å². The first-order valence-electron chi connectivity index (χ1n) is 9.70. The Labute approximate surface area is 148 Å². The maximum Gasteiger partial charge on any atom is 0.244 e. The highest BCUT2D eigenvalue weighted by atomic mass is 16.1. The number of primary amides is 1. The number of hydrogen-bond donors (Lipinski definition) is 1. The van der Waals surface area contributed by atoms with Gasteiger partial charge in [0.15, 0.2) is 0 Å². The molecule has 2 nitrogen and oxygen atoms in total. The lowest BCUT2D eigenvalue weighted by Crippen LogP contribution is -2.18. The van der Waals surface area contributed by atoms with E-state index in [1.165, 1.54) is 57.8 Å². The van der Waals surface area contributed by atoms with Crippen molar-refractivity contribution in [2.75, 3.05) is 0 Å². The van der Waals surface area contributed by atoms with Crippen LogP contribution in [-0.4, -0.2) is 5.91 Å². The van der Waals surface area contributed by atoms with Crippen molar-refractivity contribution in [3.8, 4) is 0 Å². The van der Waals surface area contributed by atoms with Gasteiger partial charge in [-0.15, -0.1) is 0 Å². The van der Waals surface area contributed by atoms with E-state index in [2.05, 4.69) is 25.6 Å². The summed E-state index contributed by atoms with van der Waals surface area (Å²) in [5.74, 6) is -0.311. The van der Waals surface area contributed by atoms with Gasteiger partial charge in [0.2, 0.25) is 5.91 Å². The van der Waals surface area contributed by atoms with Crippen molar-refractivity contribution in [3.63, 3.8) is 0 Å². The Hall–Kier alpha value is -1.57. The first-order valence-corrected chi connectivity index (χ1v) is 9.70.